The smallest absolute Gasteiger partial charge is 0.391 e. The number of urea groups is 1. The van der Waals surface area contributed by atoms with Gasteiger partial charge in [0.15, 0.2) is 0 Å². The zero-order valence-corrected chi connectivity index (χ0v) is 10.8. The average Bonchev–Trinajstić information content (AvgIpc) is 3.18. The van der Waals surface area contributed by atoms with Gasteiger partial charge in [-0.05, 0) is 31.6 Å². The van der Waals surface area contributed by atoms with Crippen molar-refractivity contribution < 1.29 is 27.9 Å². The molecule has 2 rings (SSSR count). The highest BCUT2D eigenvalue weighted by molar-refractivity contribution is 5.83. The third kappa shape index (κ3) is 3.55. The van der Waals surface area contributed by atoms with Gasteiger partial charge in [-0.25, -0.2) is 9.59 Å². The number of amides is 2. The first-order chi connectivity index (χ1) is 9.29. The van der Waals surface area contributed by atoms with Gasteiger partial charge < -0.3 is 15.3 Å². The maximum absolute atomic E-state index is 12.5. The Morgan fingerprint density at radius 3 is 2.10 bits per heavy atom. The van der Waals surface area contributed by atoms with Crippen molar-refractivity contribution in [2.75, 3.05) is 13.1 Å². The predicted octanol–water partition coefficient (Wildman–Crippen LogP) is 1.83. The summed E-state index contributed by atoms with van der Waals surface area (Å²) < 4.78 is 37.5. The number of alkyl halides is 3. The fourth-order valence-electron chi connectivity index (χ4n) is 2.45. The van der Waals surface area contributed by atoms with E-state index in [9.17, 15) is 22.8 Å². The van der Waals surface area contributed by atoms with Gasteiger partial charge in [0, 0.05) is 13.1 Å². The second kappa shape index (κ2) is 5.49. The Bertz CT molecular complexity index is 388. The number of rotatable bonds is 3. The molecule has 1 heterocycles. The average molecular weight is 294 g/mol. The van der Waals surface area contributed by atoms with Crippen molar-refractivity contribution in [3.63, 3.8) is 0 Å². The predicted molar refractivity (Wildman–Crippen MR) is 63.0 cm³/mol. The molecule has 114 valence electrons. The zero-order valence-electron chi connectivity index (χ0n) is 10.8. The van der Waals surface area contributed by atoms with Crippen molar-refractivity contribution in [3.05, 3.63) is 0 Å². The molecule has 5 nitrogen and oxygen atoms in total. The molecule has 1 aliphatic carbocycles. The molecular formula is C12H17F3N2O3. The number of hydrogen-bond donors (Lipinski definition) is 2. The first-order valence-corrected chi connectivity index (χ1v) is 6.64. The van der Waals surface area contributed by atoms with Gasteiger partial charge in [-0.3, -0.25) is 0 Å². The van der Waals surface area contributed by atoms with Crippen LogP contribution in [0.5, 0.6) is 0 Å². The van der Waals surface area contributed by atoms with E-state index < -0.39 is 30.1 Å². The molecule has 2 amide bonds. The summed E-state index contributed by atoms with van der Waals surface area (Å²) in [6, 6.07) is -1.51. The van der Waals surface area contributed by atoms with Crippen LogP contribution in [-0.4, -0.2) is 47.3 Å². The summed E-state index contributed by atoms with van der Waals surface area (Å²) in [4.78, 5) is 24.1. The van der Waals surface area contributed by atoms with Gasteiger partial charge in [-0.1, -0.05) is 0 Å². The second-order valence-electron chi connectivity index (χ2n) is 5.41. The second-order valence-corrected chi connectivity index (χ2v) is 5.41. The van der Waals surface area contributed by atoms with Crippen molar-refractivity contribution in [1.29, 1.82) is 0 Å². The van der Waals surface area contributed by atoms with Crippen molar-refractivity contribution in [1.82, 2.24) is 10.2 Å². The minimum Gasteiger partial charge on any atom is -0.480 e. The van der Waals surface area contributed by atoms with Crippen molar-refractivity contribution in [2.24, 2.45) is 11.8 Å². The van der Waals surface area contributed by atoms with Crippen molar-refractivity contribution in [3.8, 4) is 0 Å². The van der Waals surface area contributed by atoms with Gasteiger partial charge in [0.25, 0.3) is 0 Å². The summed E-state index contributed by atoms with van der Waals surface area (Å²) >= 11 is 0. The number of carboxylic acids is 1. The highest BCUT2D eigenvalue weighted by atomic mass is 19.4. The summed E-state index contributed by atoms with van der Waals surface area (Å²) in [7, 11) is 0. The molecule has 1 atom stereocenters. The van der Waals surface area contributed by atoms with Crippen LogP contribution in [0.3, 0.4) is 0 Å². The molecule has 2 aliphatic rings. The van der Waals surface area contributed by atoms with E-state index in [0.717, 1.165) is 12.8 Å². The minimum atomic E-state index is -4.22. The third-order valence-electron chi connectivity index (χ3n) is 3.88. The van der Waals surface area contributed by atoms with Crippen molar-refractivity contribution >= 4 is 12.0 Å². The molecule has 1 saturated carbocycles. The number of aliphatic carboxylic acids is 1. The van der Waals surface area contributed by atoms with Crippen LogP contribution in [0.4, 0.5) is 18.0 Å². The lowest BCUT2D eigenvalue weighted by molar-refractivity contribution is -0.183. The van der Waals surface area contributed by atoms with Crippen LogP contribution in [0.15, 0.2) is 0 Å². The molecule has 0 radical (unpaired) electrons. The molecule has 20 heavy (non-hydrogen) atoms. The number of carbonyl (C=O) groups is 2. The normalized spacial score (nSPS) is 22.4. The highest BCUT2D eigenvalue weighted by Gasteiger charge is 2.43. The summed E-state index contributed by atoms with van der Waals surface area (Å²) in [5.74, 6) is -2.51. The molecule has 2 fully saturated rings. The fourth-order valence-corrected chi connectivity index (χ4v) is 2.45. The van der Waals surface area contributed by atoms with Crippen molar-refractivity contribution in [2.45, 2.75) is 37.9 Å². The van der Waals surface area contributed by atoms with E-state index in [-0.39, 0.29) is 31.8 Å². The number of carboxylic acid groups (broad SMARTS) is 1. The van der Waals surface area contributed by atoms with Gasteiger partial charge >= 0.3 is 18.2 Å². The van der Waals surface area contributed by atoms with Gasteiger partial charge in [0.05, 0.1) is 5.92 Å². The van der Waals surface area contributed by atoms with Gasteiger partial charge in [-0.2, -0.15) is 13.2 Å². The van der Waals surface area contributed by atoms with Crippen LogP contribution in [-0.2, 0) is 4.79 Å². The number of likely N-dealkylation sites (tertiary alicyclic amines) is 1. The molecule has 0 aromatic rings. The van der Waals surface area contributed by atoms with E-state index in [0.29, 0.717) is 0 Å². The third-order valence-corrected chi connectivity index (χ3v) is 3.88. The summed E-state index contributed by atoms with van der Waals surface area (Å²) in [5.41, 5.74) is 0. The standard InChI is InChI=1S/C12H17F3N2O3/c13-12(14,15)8-3-5-17(6-4-8)11(20)16-9(10(18)19)7-1-2-7/h7-9H,1-6H2,(H,16,20)(H,18,19). The van der Waals surface area contributed by atoms with Crippen LogP contribution in [0, 0.1) is 11.8 Å². The van der Waals surface area contributed by atoms with E-state index in [1.165, 1.54) is 4.90 Å². The van der Waals surface area contributed by atoms with E-state index >= 15 is 0 Å². The maximum Gasteiger partial charge on any atom is 0.391 e. The summed E-state index contributed by atoms with van der Waals surface area (Å²) in [6.07, 6.45) is -2.96. The molecular weight excluding hydrogens is 277 g/mol. The number of nitrogens with one attached hydrogen (secondary N) is 1. The molecule has 0 bridgehead atoms. The lowest BCUT2D eigenvalue weighted by atomic mass is 9.96. The van der Waals surface area contributed by atoms with Crippen LogP contribution in [0.2, 0.25) is 0 Å². The van der Waals surface area contributed by atoms with E-state index in [1.54, 1.807) is 0 Å². The summed E-state index contributed by atoms with van der Waals surface area (Å²) in [5, 5.41) is 11.4. The largest absolute Gasteiger partial charge is 0.480 e. The molecule has 8 heteroatoms. The monoisotopic (exact) mass is 294 g/mol. The Balaban J connectivity index is 1.84. The first-order valence-electron chi connectivity index (χ1n) is 6.64. The molecule has 1 unspecified atom stereocenters. The zero-order chi connectivity index (χ0) is 14.9. The Labute approximate surface area is 114 Å². The van der Waals surface area contributed by atoms with Crippen LogP contribution in [0.25, 0.3) is 0 Å². The Morgan fingerprint density at radius 2 is 1.70 bits per heavy atom. The molecule has 1 saturated heterocycles. The SMILES string of the molecule is O=C(O)C(NC(=O)N1CCC(C(F)(F)F)CC1)C1CC1. The lowest BCUT2D eigenvalue weighted by Crippen LogP contribution is -2.51. The molecule has 0 aromatic carbocycles. The number of nitrogens with zero attached hydrogens (tertiary/aromatic N) is 1. The number of piperidine rings is 1. The Kier molecular flexibility index (Phi) is 4.10. The number of hydrogen-bond acceptors (Lipinski definition) is 2. The fraction of sp³-hybridized carbons (Fsp3) is 0.833. The lowest BCUT2D eigenvalue weighted by Gasteiger charge is -2.33. The van der Waals surface area contributed by atoms with E-state index in [1.807, 2.05) is 0 Å². The quantitative estimate of drug-likeness (QED) is 0.834. The molecule has 1 aliphatic heterocycles. The van der Waals surface area contributed by atoms with Crippen LogP contribution < -0.4 is 5.32 Å². The molecule has 0 aromatic heterocycles. The van der Waals surface area contributed by atoms with E-state index in [2.05, 4.69) is 5.32 Å². The Morgan fingerprint density at radius 1 is 1.15 bits per heavy atom. The summed E-state index contributed by atoms with van der Waals surface area (Å²) in [6.45, 7) is 0.0139. The molecule has 0 spiro atoms. The van der Waals surface area contributed by atoms with Crippen LogP contribution >= 0.6 is 0 Å². The Hall–Kier alpha value is -1.47. The van der Waals surface area contributed by atoms with Crippen LogP contribution in [0.1, 0.15) is 25.7 Å². The van der Waals surface area contributed by atoms with Gasteiger partial charge in [0.2, 0.25) is 0 Å². The molecule has 2 N–H and O–H groups in total. The maximum atomic E-state index is 12.5. The van der Waals surface area contributed by atoms with Gasteiger partial charge in [-0.15, -0.1) is 0 Å². The number of halogens is 3. The highest BCUT2D eigenvalue weighted by Crippen LogP contribution is 2.35. The minimum absolute atomic E-state index is 0.00696. The topological polar surface area (TPSA) is 69.6 Å². The number of carbonyl (C=O) groups excluding carboxylic acids is 1. The first kappa shape index (κ1) is 14.9. The van der Waals surface area contributed by atoms with E-state index in [4.69, 9.17) is 5.11 Å². The van der Waals surface area contributed by atoms with Gasteiger partial charge in [0.1, 0.15) is 6.04 Å².